The number of amides is 3. The summed E-state index contributed by atoms with van der Waals surface area (Å²) in [5.41, 5.74) is 2.52. The Hall–Kier alpha value is -3.65. The van der Waals surface area contributed by atoms with Crippen LogP contribution in [0.25, 0.3) is 5.69 Å². The highest BCUT2D eigenvalue weighted by atomic mass is 35.5. The monoisotopic (exact) mass is 451 g/mol. The first-order valence-corrected chi connectivity index (χ1v) is 10.6. The Kier molecular flexibility index (Phi) is 5.96. The summed E-state index contributed by atoms with van der Waals surface area (Å²) in [6.45, 7) is 3.98. The first kappa shape index (κ1) is 21.6. The van der Waals surface area contributed by atoms with Crippen LogP contribution in [0.15, 0.2) is 54.7 Å². The molecule has 0 spiro atoms. The van der Waals surface area contributed by atoms with Gasteiger partial charge >= 0.3 is 0 Å². The van der Waals surface area contributed by atoms with Gasteiger partial charge in [0.25, 0.3) is 11.8 Å². The van der Waals surface area contributed by atoms with Crippen LogP contribution in [0.3, 0.4) is 0 Å². The fraction of sp³-hybridized carbons (Fsp3) is 0.217. The van der Waals surface area contributed by atoms with Gasteiger partial charge in [-0.25, -0.2) is 14.7 Å². The van der Waals surface area contributed by atoms with Crippen LogP contribution >= 0.6 is 11.6 Å². The number of rotatable bonds is 4. The molecule has 3 amide bonds. The van der Waals surface area contributed by atoms with E-state index in [1.54, 1.807) is 22.9 Å². The van der Waals surface area contributed by atoms with E-state index in [-0.39, 0.29) is 22.4 Å². The average Bonchev–Trinajstić information content (AvgIpc) is 3.42. The normalized spacial score (nSPS) is 13.3. The van der Waals surface area contributed by atoms with Gasteiger partial charge in [0, 0.05) is 20.0 Å². The van der Waals surface area contributed by atoms with Crippen molar-refractivity contribution in [2.45, 2.75) is 20.3 Å². The van der Waals surface area contributed by atoms with Crippen molar-refractivity contribution in [3.8, 4) is 5.69 Å². The second kappa shape index (κ2) is 8.84. The first-order chi connectivity index (χ1) is 15.4. The third kappa shape index (κ3) is 3.97. The predicted octanol–water partition coefficient (Wildman–Crippen LogP) is 3.70. The van der Waals surface area contributed by atoms with Crippen LogP contribution in [0.4, 0.5) is 5.69 Å². The summed E-state index contributed by atoms with van der Waals surface area (Å²) in [6, 6.07) is 14.4. The van der Waals surface area contributed by atoms with E-state index < -0.39 is 5.91 Å². The highest BCUT2D eigenvalue weighted by molar-refractivity contribution is 6.36. The second-order valence-electron chi connectivity index (χ2n) is 7.45. The maximum Gasteiger partial charge on any atom is 0.275 e. The van der Waals surface area contributed by atoms with Gasteiger partial charge in [-0.1, -0.05) is 35.9 Å². The van der Waals surface area contributed by atoms with E-state index in [4.69, 9.17) is 11.6 Å². The van der Waals surface area contributed by atoms with Crippen molar-refractivity contribution in [2.75, 3.05) is 18.4 Å². The molecular formula is C23H22ClN5O3. The van der Waals surface area contributed by atoms with Crippen molar-refractivity contribution in [1.82, 2.24) is 19.8 Å². The summed E-state index contributed by atoms with van der Waals surface area (Å²) in [5.74, 6) is -0.994. The van der Waals surface area contributed by atoms with Crippen LogP contribution < -0.4 is 5.32 Å². The molecule has 164 valence electrons. The highest BCUT2D eigenvalue weighted by Gasteiger charge is 2.34. The lowest BCUT2D eigenvalue weighted by Gasteiger charge is -2.28. The molecular weight excluding hydrogens is 430 g/mol. The lowest BCUT2D eigenvalue weighted by Crippen LogP contribution is -2.45. The van der Waals surface area contributed by atoms with Crippen LogP contribution in [-0.4, -0.2) is 50.6 Å². The molecule has 0 unspecified atom stereocenters. The van der Waals surface area contributed by atoms with Crippen molar-refractivity contribution in [1.29, 1.82) is 0 Å². The molecule has 4 rings (SSSR count). The molecule has 9 heteroatoms. The number of nitrogens with zero attached hydrogens (tertiary/aromatic N) is 4. The molecule has 1 N–H and O–H groups in total. The highest BCUT2D eigenvalue weighted by Crippen LogP contribution is 2.29. The van der Waals surface area contributed by atoms with E-state index in [9.17, 15) is 14.4 Å². The summed E-state index contributed by atoms with van der Waals surface area (Å²) in [4.78, 5) is 38.0. The van der Waals surface area contributed by atoms with E-state index in [0.717, 1.165) is 5.69 Å². The van der Waals surface area contributed by atoms with E-state index in [0.29, 0.717) is 36.5 Å². The minimum atomic E-state index is -0.402. The third-order valence-electron chi connectivity index (χ3n) is 5.28. The zero-order valence-electron chi connectivity index (χ0n) is 17.7. The molecule has 32 heavy (non-hydrogen) atoms. The van der Waals surface area contributed by atoms with Gasteiger partial charge in [-0.05, 0) is 37.6 Å². The van der Waals surface area contributed by atoms with Gasteiger partial charge in [0.15, 0.2) is 0 Å². The first-order valence-electron chi connectivity index (χ1n) is 10.2. The van der Waals surface area contributed by atoms with Crippen LogP contribution in [0.5, 0.6) is 0 Å². The molecule has 1 fully saturated rings. The van der Waals surface area contributed by atoms with Crippen molar-refractivity contribution >= 4 is 35.0 Å². The summed E-state index contributed by atoms with van der Waals surface area (Å²) in [6.07, 6.45) is 2.17. The maximum absolute atomic E-state index is 13.3. The molecule has 1 aliphatic rings. The zero-order chi connectivity index (χ0) is 22.8. The summed E-state index contributed by atoms with van der Waals surface area (Å²) >= 11 is 6.39. The summed E-state index contributed by atoms with van der Waals surface area (Å²) in [5, 5.41) is 9.95. The van der Waals surface area contributed by atoms with Gasteiger partial charge in [-0.15, -0.1) is 0 Å². The van der Waals surface area contributed by atoms with E-state index in [1.807, 2.05) is 37.3 Å². The fourth-order valence-electron chi connectivity index (χ4n) is 3.74. The largest absolute Gasteiger partial charge is 0.325 e. The standard InChI is InChI=1S/C23H22ClN5O3/c1-15-19(14-25-29(15)17-8-4-3-5-9-17)23(32)28-13-7-12-27(28)22(31)18-10-6-11-20(21(18)24)26-16(2)30/h3-6,8-11,14H,7,12-13H2,1-2H3,(H,26,30). The Balaban J connectivity index is 1.61. The number of para-hydroxylation sites is 1. The molecule has 0 atom stereocenters. The minimum Gasteiger partial charge on any atom is -0.325 e. The second-order valence-corrected chi connectivity index (χ2v) is 7.83. The zero-order valence-corrected chi connectivity index (χ0v) is 18.5. The van der Waals surface area contributed by atoms with Crippen molar-refractivity contribution < 1.29 is 14.4 Å². The van der Waals surface area contributed by atoms with E-state index in [1.165, 1.54) is 23.1 Å². The number of nitrogens with one attached hydrogen (secondary N) is 1. The quantitative estimate of drug-likeness (QED) is 0.655. The molecule has 1 saturated heterocycles. The van der Waals surface area contributed by atoms with Gasteiger partial charge in [0.1, 0.15) is 0 Å². The third-order valence-corrected chi connectivity index (χ3v) is 5.69. The Bertz CT molecular complexity index is 1190. The number of carbonyl (C=O) groups is 3. The predicted molar refractivity (Wildman–Crippen MR) is 121 cm³/mol. The number of aromatic nitrogens is 2. The Morgan fingerprint density at radius 2 is 1.59 bits per heavy atom. The smallest absolute Gasteiger partial charge is 0.275 e. The van der Waals surface area contributed by atoms with Gasteiger partial charge in [-0.2, -0.15) is 5.10 Å². The molecule has 0 saturated carbocycles. The lowest BCUT2D eigenvalue weighted by atomic mass is 10.1. The number of halogens is 1. The number of hydrogen-bond acceptors (Lipinski definition) is 4. The van der Waals surface area contributed by atoms with Gasteiger partial charge in [-0.3, -0.25) is 14.4 Å². The topological polar surface area (TPSA) is 87.5 Å². The Morgan fingerprint density at radius 1 is 0.938 bits per heavy atom. The summed E-state index contributed by atoms with van der Waals surface area (Å²) in [7, 11) is 0. The molecule has 2 heterocycles. The minimum absolute atomic E-state index is 0.139. The SMILES string of the molecule is CC(=O)Nc1cccc(C(=O)N2CCCN2C(=O)c2cnn(-c3ccccc3)c2C)c1Cl. The molecule has 0 bridgehead atoms. The molecule has 8 nitrogen and oxygen atoms in total. The molecule has 0 aliphatic carbocycles. The van der Waals surface area contributed by atoms with Crippen LogP contribution in [0.2, 0.25) is 5.02 Å². The van der Waals surface area contributed by atoms with E-state index >= 15 is 0 Å². The molecule has 3 aromatic rings. The molecule has 0 radical (unpaired) electrons. The van der Waals surface area contributed by atoms with Gasteiger partial charge < -0.3 is 5.32 Å². The fourth-order valence-corrected chi connectivity index (χ4v) is 4.00. The van der Waals surface area contributed by atoms with Crippen molar-refractivity contribution in [3.63, 3.8) is 0 Å². The number of anilines is 1. The number of hydrazine groups is 1. The van der Waals surface area contributed by atoms with Gasteiger partial charge in [0.2, 0.25) is 5.91 Å². The lowest BCUT2D eigenvalue weighted by molar-refractivity contribution is -0.114. The summed E-state index contributed by atoms with van der Waals surface area (Å²) < 4.78 is 1.70. The van der Waals surface area contributed by atoms with E-state index in [2.05, 4.69) is 10.4 Å². The maximum atomic E-state index is 13.3. The molecule has 1 aromatic heterocycles. The Labute approximate surface area is 190 Å². The number of benzene rings is 2. The van der Waals surface area contributed by atoms with Crippen molar-refractivity contribution in [2.24, 2.45) is 0 Å². The molecule has 1 aliphatic heterocycles. The van der Waals surface area contributed by atoms with Crippen LogP contribution in [0, 0.1) is 6.92 Å². The number of carbonyl (C=O) groups excluding carboxylic acids is 3. The van der Waals surface area contributed by atoms with Gasteiger partial charge in [0.05, 0.1) is 39.4 Å². The number of hydrogen-bond donors (Lipinski definition) is 1. The average molecular weight is 452 g/mol. The molecule has 2 aromatic carbocycles. The Morgan fingerprint density at radius 3 is 2.25 bits per heavy atom. The van der Waals surface area contributed by atoms with Crippen molar-refractivity contribution in [3.05, 3.63) is 76.6 Å². The van der Waals surface area contributed by atoms with Crippen LogP contribution in [-0.2, 0) is 4.79 Å². The van der Waals surface area contributed by atoms with Crippen LogP contribution in [0.1, 0.15) is 39.8 Å².